The Morgan fingerprint density at radius 1 is 1.35 bits per heavy atom. The molecule has 2 rings (SSSR count). The monoisotopic (exact) mass is 227 g/mol. The number of aromatic nitrogens is 2. The number of H-pyrrole nitrogens is 1. The van der Waals surface area contributed by atoms with Crippen LogP contribution in [0.4, 0.5) is 0 Å². The first-order valence-electron chi connectivity index (χ1n) is 5.39. The third kappa shape index (κ3) is 2.45. The largest absolute Gasteiger partial charge is 0.496 e. The predicted octanol–water partition coefficient (Wildman–Crippen LogP) is 2.08. The van der Waals surface area contributed by atoms with Crippen LogP contribution in [-0.4, -0.2) is 17.1 Å². The van der Waals surface area contributed by atoms with Crippen molar-refractivity contribution in [2.75, 3.05) is 7.11 Å². The summed E-state index contributed by atoms with van der Waals surface area (Å²) in [6.07, 6.45) is 3.13. The molecule has 1 heterocycles. The second kappa shape index (κ2) is 5.17. The highest BCUT2D eigenvalue weighted by Crippen LogP contribution is 2.19. The number of aromatic amines is 1. The van der Waals surface area contributed by atoms with Crippen molar-refractivity contribution in [3.8, 4) is 11.8 Å². The van der Waals surface area contributed by atoms with Crippen LogP contribution < -0.4 is 4.74 Å². The van der Waals surface area contributed by atoms with Crippen LogP contribution in [0.1, 0.15) is 17.0 Å². The highest BCUT2D eigenvalue weighted by molar-refractivity contribution is 5.34. The minimum atomic E-state index is 0.472. The summed E-state index contributed by atoms with van der Waals surface area (Å²) in [5.74, 6) is 0.880. The second-order valence-corrected chi connectivity index (χ2v) is 3.65. The Bertz CT molecular complexity index is 540. The summed E-state index contributed by atoms with van der Waals surface area (Å²) in [6, 6.07) is 9.96. The van der Waals surface area contributed by atoms with E-state index in [0.29, 0.717) is 5.69 Å². The standard InChI is InChI=1S/C13H13N3O/c1-17-13-5-3-2-4-10(13)6-7-11-12(8-14)16-9-15-11/h2-5,9H,6-7H2,1H3,(H,15,16). The number of hydrogen-bond donors (Lipinski definition) is 1. The van der Waals surface area contributed by atoms with Crippen molar-refractivity contribution in [1.82, 2.24) is 9.97 Å². The van der Waals surface area contributed by atoms with E-state index in [0.717, 1.165) is 29.8 Å². The molecule has 4 nitrogen and oxygen atoms in total. The molecule has 0 fully saturated rings. The molecule has 0 aliphatic carbocycles. The third-order valence-electron chi connectivity index (χ3n) is 2.66. The Labute approximate surface area is 99.9 Å². The molecule has 17 heavy (non-hydrogen) atoms. The van der Waals surface area contributed by atoms with Crippen LogP contribution in [0.5, 0.6) is 5.75 Å². The van der Waals surface area contributed by atoms with Crippen LogP contribution in [0.25, 0.3) is 0 Å². The number of aryl methyl sites for hydroxylation is 2. The molecule has 4 heteroatoms. The first-order chi connectivity index (χ1) is 8.35. The summed E-state index contributed by atoms with van der Waals surface area (Å²) < 4.78 is 5.28. The van der Waals surface area contributed by atoms with Crippen LogP contribution >= 0.6 is 0 Å². The van der Waals surface area contributed by atoms with E-state index in [2.05, 4.69) is 16.0 Å². The highest BCUT2D eigenvalue weighted by Gasteiger charge is 2.07. The Morgan fingerprint density at radius 3 is 2.94 bits per heavy atom. The predicted molar refractivity (Wildman–Crippen MR) is 63.7 cm³/mol. The van der Waals surface area contributed by atoms with E-state index in [-0.39, 0.29) is 0 Å². The maximum absolute atomic E-state index is 8.85. The van der Waals surface area contributed by atoms with Gasteiger partial charge in [-0.1, -0.05) is 18.2 Å². The minimum absolute atomic E-state index is 0.472. The van der Waals surface area contributed by atoms with E-state index >= 15 is 0 Å². The average molecular weight is 227 g/mol. The smallest absolute Gasteiger partial charge is 0.161 e. The molecule has 0 saturated heterocycles. The maximum atomic E-state index is 8.85. The maximum Gasteiger partial charge on any atom is 0.161 e. The van der Waals surface area contributed by atoms with Crippen LogP contribution in [0.15, 0.2) is 30.6 Å². The second-order valence-electron chi connectivity index (χ2n) is 3.65. The molecule has 0 amide bonds. The van der Waals surface area contributed by atoms with Crippen LogP contribution in [0.2, 0.25) is 0 Å². The number of hydrogen-bond acceptors (Lipinski definition) is 3. The molecule has 0 atom stereocenters. The van der Waals surface area contributed by atoms with Gasteiger partial charge >= 0.3 is 0 Å². The van der Waals surface area contributed by atoms with Crippen molar-refractivity contribution >= 4 is 0 Å². The summed E-state index contributed by atoms with van der Waals surface area (Å²) in [7, 11) is 1.66. The first kappa shape index (κ1) is 11.2. The SMILES string of the molecule is COc1ccccc1CCc1[nH]cnc1C#N. The summed E-state index contributed by atoms with van der Waals surface area (Å²) in [6.45, 7) is 0. The number of nitriles is 1. The van der Waals surface area contributed by atoms with E-state index in [9.17, 15) is 0 Å². The number of nitrogens with one attached hydrogen (secondary N) is 1. The van der Waals surface area contributed by atoms with E-state index in [1.165, 1.54) is 0 Å². The van der Waals surface area contributed by atoms with Gasteiger partial charge in [0.1, 0.15) is 11.8 Å². The molecule has 0 aliphatic heterocycles. The lowest BCUT2D eigenvalue weighted by Gasteiger charge is -2.07. The van der Waals surface area contributed by atoms with Crippen molar-refractivity contribution in [3.05, 3.63) is 47.5 Å². The van der Waals surface area contributed by atoms with Gasteiger partial charge in [-0.15, -0.1) is 0 Å². The van der Waals surface area contributed by atoms with Gasteiger partial charge in [0.05, 0.1) is 19.1 Å². The molecule has 1 aromatic heterocycles. The lowest BCUT2D eigenvalue weighted by Crippen LogP contribution is -1.97. The van der Waals surface area contributed by atoms with Crippen molar-refractivity contribution < 1.29 is 4.74 Å². The van der Waals surface area contributed by atoms with E-state index in [1.54, 1.807) is 13.4 Å². The Balaban J connectivity index is 2.10. The summed E-state index contributed by atoms with van der Waals surface area (Å²) in [4.78, 5) is 6.93. The Kier molecular flexibility index (Phi) is 3.41. The molecule has 86 valence electrons. The molecular weight excluding hydrogens is 214 g/mol. The number of imidazole rings is 1. The van der Waals surface area contributed by atoms with Crippen molar-refractivity contribution in [2.45, 2.75) is 12.8 Å². The zero-order valence-electron chi connectivity index (χ0n) is 9.60. The van der Waals surface area contributed by atoms with Gasteiger partial charge in [0, 0.05) is 0 Å². The van der Waals surface area contributed by atoms with Gasteiger partial charge in [-0.3, -0.25) is 0 Å². The van der Waals surface area contributed by atoms with Gasteiger partial charge in [0.25, 0.3) is 0 Å². The fraction of sp³-hybridized carbons (Fsp3) is 0.231. The Morgan fingerprint density at radius 2 is 2.18 bits per heavy atom. The first-order valence-corrected chi connectivity index (χ1v) is 5.39. The molecule has 0 bridgehead atoms. The number of methoxy groups -OCH3 is 1. The van der Waals surface area contributed by atoms with Crippen molar-refractivity contribution in [1.29, 1.82) is 5.26 Å². The molecule has 0 spiro atoms. The summed E-state index contributed by atoms with van der Waals surface area (Å²) in [5, 5.41) is 8.85. The lowest BCUT2D eigenvalue weighted by atomic mass is 10.1. The number of ether oxygens (including phenoxy) is 1. The van der Waals surface area contributed by atoms with Gasteiger partial charge in [0.15, 0.2) is 5.69 Å². The normalized spacial score (nSPS) is 9.88. The fourth-order valence-electron chi connectivity index (χ4n) is 1.78. The molecule has 0 saturated carbocycles. The topological polar surface area (TPSA) is 61.7 Å². The van der Waals surface area contributed by atoms with Gasteiger partial charge in [-0.05, 0) is 24.5 Å². The Hall–Kier alpha value is -2.28. The third-order valence-corrected chi connectivity index (χ3v) is 2.66. The molecule has 1 N–H and O–H groups in total. The van der Waals surface area contributed by atoms with E-state index in [4.69, 9.17) is 10.00 Å². The quantitative estimate of drug-likeness (QED) is 0.869. The molecule has 2 aromatic rings. The van der Waals surface area contributed by atoms with Gasteiger partial charge in [-0.2, -0.15) is 5.26 Å². The average Bonchev–Trinajstić information content (AvgIpc) is 2.84. The molecular formula is C13H13N3O. The zero-order valence-corrected chi connectivity index (χ0v) is 9.60. The van der Waals surface area contributed by atoms with Crippen molar-refractivity contribution in [3.63, 3.8) is 0 Å². The summed E-state index contributed by atoms with van der Waals surface area (Å²) in [5.41, 5.74) is 2.48. The van der Waals surface area contributed by atoms with Gasteiger partial charge < -0.3 is 9.72 Å². The van der Waals surface area contributed by atoms with Crippen molar-refractivity contribution in [2.24, 2.45) is 0 Å². The minimum Gasteiger partial charge on any atom is -0.496 e. The van der Waals surface area contributed by atoms with Crippen LogP contribution in [0.3, 0.4) is 0 Å². The van der Waals surface area contributed by atoms with Crippen LogP contribution in [0, 0.1) is 11.3 Å². The number of para-hydroxylation sites is 1. The molecule has 0 unspecified atom stereocenters. The summed E-state index contributed by atoms with van der Waals surface area (Å²) >= 11 is 0. The number of benzene rings is 1. The zero-order chi connectivity index (χ0) is 12.1. The lowest BCUT2D eigenvalue weighted by molar-refractivity contribution is 0.409. The van der Waals surface area contributed by atoms with E-state index in [1.807, 2.05) is 24.3 Å². The fourth-order valence-corrected chi connectivity index (χ4v) is 1.78. The number of rotatable bonds is 4. The highest BCUT2D eigenvalue weighted by atomic mass is 16.5. The van der Waals surface area contributed by atoms with Gasteiger partial charge in [0.2, 0.25) is 0 Å². The molecule has 0 aliphatic rings. The molecule has 1 aromatic carbocycles. The van der Waals surface area contributed by atoms with Crippen LogP contribution in [-0.2, 0) is 12.8 Å². The molecule has 0 radical (unpaired) electrons. The number of nitrogens with zero attached hydrogens (tertiary/aromatic N) is 2. The van der Waals surface area contributed by atoms with E-state index < -0.39 is 0 Å². The van der Waals surface area contributed by atoms with Gasteiger partial charge in [-0.25, -0.2) is 4.98 Å².